The second kappa shape index (κ2) is 7.42. The van der Waals surface area contributed by atoms with Gasteiger partial charge in [-0.15, -0.1) is 0 Å². The van der Waals surface area contributed by atoms with E-state index >= 15 is 0 Å². The Morgan fingerprint density at radius 3 is 2.82 bits per heavy atom. The highest BCUT2D eigenvalue weighted by Crippen LogP contribution is 2.19. The molecule has 0 aromatic carbocycles. The average Bonchev–Trinajstić information content (AvgIpc) is 2.52. The third-order valence-corrected chi connectivity index (χ3v) is 3.72. The van der Waals surface area contributed by atoms with Gasteiger partial charge < -0.3 is 25.4 Å². The summed E-state index contributed by atoms with van der Waals surface area (Å²) in [7, 11) is 3.83. The van der Waals surface area contributed by atoms with Gasteiger partial charge in [-0.3, -0.25) is 0 Å². The monoisotopic (exact) mass is 308 g/mol. The first-order valence-corrected chi connectivity index (χ1v) is 7.43. The molecule has 7 heteroatoms. The molecule has 1 aliphatic heterocycles. The van der Waals surface area contributed by atoms with Crippen molar-refractivity contribution in [2.24, 2.45) is 0 Å². The number of amides is 2. The minimum atomic E-state index is -0.857. The molecule has 1 fully saturated rings. The van der Waals surface area contributed by atoms with Gasteiger partial charge in [0, 0.05) is 59.4 Å². The Morgan fingerprint density at radius 2 is 2.14 bits per heavy atom. The molecular weight excluding hydrogens is 284 g/mol. The SMILES string of the molecule is CN(C)c1cc(CNC(=O)NCC2(O)CCOCC2)ccn1. The summed E-state index contributed by atoms with van der Waals surface area (Å²) in [6.45, 7) is 1.71. The standard InChI is InChI=1S/C15H24N4O3/c1-19(2)13-9-12(3-6-16-13)10-17-14(20)18-11-15(21)4-7-22-8-5-15/h3,6,9,21H,4-5,7-8,10-11H2,1-2H3,(H2,17,18,20). The van der Waals surface area contributed by atoms with E-state index in [-0.39, 0.29) is 12.6 Å². The summed E-state index contributed by atoms with van der Waals surface area (Å²) in [6, 6.07) is 3.49. The zero-order valence-corrected chi connectivity index (χ0v) is 13.1. The summed E-state index contributed by atoms with van der Waals surface area (Å²) < 4.78 is 5.21. The van der Waals surface area contributed by atoms with Crippen LogP contribution in [0.15, 0.2) is 18.3 Å². The Morgan fingerprint density at radius 1 is 1.41 bits per heavy atom. The zero-order chi connectivity index (χ0) is 16.0. The average molecular weight is 308 g/mol. The number of anilines is 1. The van der Waals surface area contributed by atoms with Gasteiger partial charge >= 0.3 is 6.03 Å². The van der Waals surface area contributed by atoms with Gasteiger partial charge in [-0.25, -0.2) is 9.78 Å². The molecule has 3 N–H and O–H groups in total. The molecule has 0 saturated carbocycles. The van der Waals surface area contributed by atoms with E-state index in [1.54, 1.807) is 6.20 Å². The fourth-order valence-electron chi connectivity index (χ4n) is 2.23. The molecular formula is C15H24N4O3. The Balaban J connectivity index is 1.76. The highest BCUT2D eigenvalue weighted by molar-refractivity contribution is 5.73. The maximum absolute atomic E-state index is 11.8. The smallest absolute Gasteiger partial charge is 0.315 e. The molecule has 22 heavy (non-hydrogen) atoms. The number of carbonyl (C=O) groups excluding carboxylic acids is 1. The quantitative estimate of drug-likeness (QED) is 0.737. The van der Waals surface area contributed by atoms with Gasteiger partial charge in [-0.05, 0) is 17.7 Å². The van der Waals surface area contributed by atoms with Crippen molar-refractivity contribution in [2.45, 2.75) is 25.0 Å². The lowest BCUT2D eigenvalue weighted by atomic mass is 9.94. The van der Waals surface area contributed by atoms with Crippen molar-refractivity contribution in [1.82, 2.24) is 15.6 Å². The van der Waals surface area contributed by atoms with Crippen LogP contribution in [0.3, 0.4) is 0 Å². The zero-order valence-electron chi connectivity index (χ0n) is 13.1. The number of ether oxygens (including phenoxy) is 1. The topological polar surface area (TPSA) is 86.7 Å². The van der Waals surface area contributed by atoms with Gasteiger partial charge in [0.15, 0.2) is 0 Å². The molecule has 122 valence electrons. The van der Waals surface area contributed by atoms with Crippen LogP contribution in [-0.4, -0.2) is 55.6 Å². The van der Waals surface area contributed by atoms with E-state index in [9.17, 15) is 9.90 Å². The van der Waals surface area contributed by atoms with Crippen molar-refractivity contribution in [2.75, 3.05) is 38.8 Å². The van der Waals surface area contributed by atoms with E-state index in [1.165, 1.54) is 0 Å². The third-order valence-electron chi connectivity index (χ3n) is 3.72. The van der Waals surface area contributed by atoms with Crippen molar-refractivity contribution >= 4 is 11.8 Å². The van der Waals surface area contributed by atoms with Crippen molar-refractivity contribution in [3.63, 3.8) is 0 Å². The van der Waals surface area contributed by atoms with Crippen LogP contribution in [0.5, 0.6) is 0 Å². The molecule has 0 unspecified atom stereocenters. The third kappa shape index (κ3) is 4.85. The van der Waals surface area contributed by atoms with Gasteiger partial charge in [0.2, 0.25) is 0 Å². The van der Waals surface area contributed by atoms with Gasteiger partial charge in [-0.1, -0.05) is 0 Å². The van der Waals surface area contributed by atoms with Crippen molar-refractivity contribution in [3.05, 3.63) is 23.9 Å². The number of hydrogen-bond donors (Lipinski definition) is 3. The molecule has 1 aromatic heterocycles. The van der Waals surface area contributed by atoms with Crippen LogP contribution in [0.4, 0.5) is 10.6 Å². The second-order valence-electron chi connectivity index (χ2n) is 5.79. The van der Waals surface area contributed by atoms with Crippen LogP contribution in [0.25, 0.3) is 0 Å². The fourth-order valence-corrected chi connectivity index (χ4v) is 2.23. The number of hydrogen-bond acceptors (Lipinski definition) is 5. The van der Waals surface area contributed by atoms with Gasteiger partial charge in [0.05, 0.1) is 5.60 Å². The van der Waals surface area contributed by atoms with Gasteiger partial charge in [-0.2, -0.15) is 0 Å². The highest BCUT2D eigenvalue weighted by atomic mass is 16.5. The molecule has 0 atom stereocenters. The van der Waals surface area contributed by atoms with Crippen LogP contribution >= 0.6 is 0 Å². The Bertz CT molecular complexity index is 501. The van der Waals surface area contributed by atoms with Crippen LogP contribution in [0, 0.1) is 0 Å². The van der Waals surface area contributed by atoms with E-state index in [2.05, 4.69) is 15.6 Å². The molecule has 0 aliphatic carbocycles. The number of urea groups is 1. The Kier molecular flexibility index (Phi) is 5.57. The van der Waals surface area contributed by atoms with E-state index in [0.717, 1.165) is 11.4 Å². The molecule has 1 aliphatic rings. The maximum Gasteiger partial charge on any atom is 0.315 e. The summed E-state index contributed by atoms with van der Waals surface area (Å²) in [5.41, 5.74) is 0.114. The lowest BCUT2D eigenvalue weighted by molar-refractivity contribution is -0.0600. The highest BCUT2D eigenvalue weighted by Gasteiger charge is 2.29. The first kappa shape index (κ1) is 16.5. The number of aromatic nitrogens is 1. The minimum Gasteiger partial charge on any atom is -0.388 e. The molecule has 2 heterocycles. The first-order chi connectivity index (χ1) is 10.5. The predicted molar refractivity (Wildman–Crippen MR) is 83.8 cm³/mol. The maximum atomic E-state index is 11.8. The van der Waals surface area contributed by atoms with Crippen LogP contribution in [-0.2, 0) is 11.3 Å². The Hall–Kier alpha value is -1.86. The summed E-state index contributed by atoms with van der Waals surface area (Å²) in [5, 5.41) is 15.8. The summed E-state index contributed by atoms with van der Waals surface area (Å²) in [6.07, 6.45) is 2.81. The predicted octanol–water partition coefficient (Wildman–Crippen LogP) is 0.488. The van der Waals surface area contributed by atoms with Crippen molar-refractivity contribution < 1.29 is 14.6 Å². The number of aliphatic hydroxyl groups is 1. The van der Waals surface area contributed by atoms with Crippen LogP contribution in [0.1, 0.15) is 18.4 Å². The largest absolute Gasteiger partial charge is 0.388 e. The molecule has 0 radical (unpaired) electrons. The lowest BCUT2D eigenvalue weighted by Gasteiger charge is -2.32. The van der Waals surface area contributed by atoms with E-state index in [0.29, 0.717) is 32.6 Å². The molecule has 1 aromatic rings. The molecule has 7 nitrogen and oxygen atoms in total. The number of pyridine rings is 1. The van der Waals surface area contributed by atoms with Crippen LogP contribution < -0.4 is 15.5 Å². The summed E-state index contributed by atoms with van der Waals surface area (Å²) in [4.78, 5) is 18.0. The lowest BCUT2D eigenvalue weighted by Crippen LogP contribution is -2.48. The minimum absolute atomic E-state index is 0.238. The normalized spacial score (nSPS) is 16.9. The molecule has 2 rings (SSSR count). The molecule has 1 saturated heterocycles. The number of rotatable bonds is 5. The number of nitrogens with zero attached hydrogens (tertiary/aromatic N) is 2. The van der Waals surface area contributed by atoms with Gasteiger partial charge in [0.25, 0.3) is 0 Å². The van der Waals surface area contributed by atoms with Crippen molar-refractivity contribution in [3.8, 4) is 0 Å². The summed E-state index contributed by atoms with van der Waals surface area (Å²) >= 11 is 0. The molecule has 0 bridgehead atoms. The van der Waals surface area contributed by atoms with E-state index in [1.807, 2.05) is 31.1 Å². The number of nitrogens with one attached hydrogen (secondary N) is 2. The summed E-state index contributed by atoms with van der Waals surface area (Å²) in [5.74, 6) is 0.844. The second-order valence-corrected chi connectivity index (χ2v) is 5.79. The van der Waals surface area contributed by atoms with E-state index < -0.39 is 5.60 Å². The number of carbonyl (C=O) groups is 1. The van der Waals surface area contributed by atoms with E-state index in [4.69, 9.17) is 4.74 Å². The Labute approximate surface area is 130 Å². The molecule has 0 spiro atoms. The fraction of sp³-hybridized carbons (Fsp3) is 0.600. The van der Waals surface area contributed by atoms with Gasteiger partial charge in [0.1, 0.15) is 5.82 Å². The first-order valence-electron chi connectivity index (χ1n) is 7.43. The molecule has 2 amide bonds. The van der Waals surface area contributed by atoms with Crippen LogP contribution in [0.2, 0.25) is 0 Å². The van der Waals surface area contributed by atoms with Crippen molar-refractivity contribution in [1.29, 1.82) is 0 Å².